The summed E-state index contributed by atoms with van der Waals surface area (Å²) in [5.74, 6) is 0.0285. The van der Waals surface area contributed by atoms with E-state index in [1.807, 2.05) is 0 Å². The Morgan fingerprint density at radius 2 is 0.489 bits per heavy atom. The van der Waals surface area contributed by atoms with Crippen LogP contribution in [0.5, 0.6) is 0 Å². The van der Waals surface area contributed by atoms with E-state index in [0.29, 0.717) is 13.0 Å². The highest BCUT2D eigenvalue weighted by molar-refractivity contribution is 5.69. The van der Waals surface area contributed by atoms with E-state index >= 15 is 0 Å². The molecular formula is C43H86O2. The van der Waals surface area contributed by atoms with Gasteiger partial charge in [0.05, 0.1) is 6.61 Å². The lowest BCUT2D eigenvalue weighted by Gasteiger charge is -2.06. The smallest absolute Gasteiger partial charge is 0.305 e. The zero-order valence-electron chi connectivity index (χ0n) is 31.6. The lowest BCUT2D eigenvalue weighted by molar-refractivity contribution is -0.143. The molecule has 0 amide bonds. The van der Waals surface area contributed by atoms with Gasteiger partial charge >= 0.3 is 5.97 Å². The van der Waals surface area contributed by atoms with Gasteiger partial charge in [-0.25, -0.2) is 0 Å². The van der Waals surface area contributed by atoms with Gasteiger partial charge in [0.25, 0.3) is 0 Å². The third-order valence-corrected chi connectivity index (χ3v) is 10.00. The largest absolute Gasteiger partial charge is 0.466 e. The quantitative estimate of drug-likeness (QED) is 0.0495. The van der Waals surface area contributed by atoms with E-state index in [0.717, 1.165) is 12.8 Å². The van der Waals surface area contributed by atoms with E-state index in [2.05, 4.69) is 13.8 Å². The highest BCUT2D eigenvalue weighted by Gasteiger charge is 2.03. The second-order valence-corrected chi connectivity index (χ2v) is 14.7. The molecule has 0 aromatic rings. The molecule has 0 unspecified atom stereocenters. The van der Waals surface area contributed by atoms with Gasteiger partial charge < -0.3 is 4.74 Å². The highest BCUT2D eigenvalue weighted by Crippen LogP contribution is 2.17. The normalized spacial score (nSPS) is 11.4. The van der Waals surface area contributed by atoms with Crippen LogP contribution in [0, 0.1) is 0 Å². The summed E-state index contributed by atoms with van der Waals surface area (Å²) in [6, 6.07) is 0. The molecule has 0 rings (SSSR count). The van der Waals surface area contributed by atoms with E-state index in [1.165, 1.54) is 231 Å². The first-order chi connectivity index (χ1) is 22.3. The molecule has 2 heteroatoms. The maximum Gasteiger partial charge on any atom is 0.305 e. The number of hydrogen-bond acceptors (Lipinski definition) is 2. The van der Waals surface area contributed by atoms with Gasteiger partial charge in [-0.2, -0.15) is 0 Å². The summed E-state index contributed by atoms with van der Waals surface area (Å²) < 4.78 is 5.44. The van der Waals surface area contributed by atoms with E-state index in [9.17, 15) is 4.79 Å². The zero-order valence-corrected chi connectivity index (χ0v) is 31.6. The van der Waals surface area contributed by atoms with Crippen LogP contribution in [0.25, 0.3) is 0 Å². The molecule has 0 saturated heterocycles. The molecule has 0 bridgehead atoms. The SMILES string of the molecule is CCCCCCCCCCCCCCCCCCCCCCCCCCCCCCC(=O)OCCCCCCCCCCCC. The molecular weight excluding hydrogens is 548 g/mol. The van der Waals surface area contributed by atoms with E-state index in [-0.39, 0.29) is 5.97 Å². The fraction of sp³-hybridized carbons (Fsp3) is 0.977. The topological polar surface area (TPSA) is 26.3 Å². The third kappa shape index (κ3) is 41.4. The minimum absolute atomic E-state index is 0.0285. The summed E-state index contributed by atoms with van der Waals surface area (Å²) in [6.07, 6.45) is 53.6. The van der Waals surface area contributed by atoms with Crippen molar-refractivity contribution in [3.05, 3.63) is 0 Å². The van der Waals surface area contributed by atoms with Crippen molar-refractivity contribution in [2.45, 2.75) is 264 Å². The van der Waals surface area contributed by atoms with E-state index in [1.54, 1.807) is 0 Å². The number of unbranched alkanes of at least 4 members (excludes halogenated alkanes) is 36. The molecule has 0 N–H and O–H groups in total. The van der Waals surface area contributed by atoms with Crippen molar-refractivity contribution in [3.8, 4) is 0 Å². The molecule has 0 atom stereocenters. The Morgan fingerprint density at radius 1 is 0.289 bits per heavy atom. The minimum Gasteiger partial charge on any atom is -0.466 e. The van der Waals surface area contributed by atoms with Gasteiger partial charge in [0.15, 0.2) is 0 Å². The van der Waals surface area contributed by atoms with Crippen molar-refractivity contribution < 1.29 is 9.53 Å². The van der Waals surface area contributed by atoms with Gasteiger partial charge in [0.1, 0.15) is 0 Å². The average Bonchev–Trinajstić information content (AvgIpc) is 3.05. The van der Waals surface area contributed by atoms with Crippen LogP contribution in [0.1, 0.15) is 264 Å². The molecule has 2 nitrogen and oxygen atoms in total. The summed E-state index contributed by atoms with van der Waals surface area (Å²) in [6.45, 7) is 5.21. The van der Waals surface area contributed by atoms with E-state index < -0.39 is 0 Å². The summed E-state index contributed by atoms with van der Waals surface area (Å²) in [7, 11) is 0. The van der Waals surface area contributed by atoms with Gasteiger partial charge in [-0.1, -0.05) is 245 Å². The van der Waals surface area contributed by atoms with Crippen molar-refractivity contribution in [3.63, 3.8) is 0 Å². The van der Waals surface area contributed by atoms with Crippen LogP contribution in [0.4, 0.5) is 0 Å². The Hall–Kier alpha value is -0.530. The van der Waals surface area contributed by atoms with Crippen LogP contribution in [0.2, 0.25) is 0 Å². The lowest BCUT2D eigenvalue weighted by atomic mass is 10.0. The number of esters is 1. The summed E-state index contributed by atoms with van der Waals surface area (Å²) in [4.78, 5) is 11.9. The van der Waals surface area contributed by atoms with Gasteiger partial charge in [-0.15, -0.1) is 0 Å². The molecule has 0 spiro atoms. The fourth-order valence-corrected chi connectivity index (χ4v) is 6.79. The van der Waals surface area contributed by atoms with Gasteiger partial charge in [0, 0.05) is 6.42 Å². The number of ether oxygens (including phenoxy) is 1. The van der Waals surface area contributed by atoms with E-state index in [4.69, 9.17) is 4.74 Å². The van der Waals surface area contributed by atoms with Crippen molar-refractivity contribution in [1.29, 1.82) is 0 Å². The molecule has 45 heavy (non-hydrogen) atoms. The number of carbonyl (C=O) groups is 1. The molecule has 0 aliphatic rings. The second-order valence-electron chi connectivity index (χ2n) is 14.7. The van der Waals surface area contributed by atoms with Crippen molar-refractivity contribution in [2.75, 3.05) is 6.61 Å². The summed E-state index contributed by atoms with van der Waals surface area (Å²) >= 11 is 0. The van der Waals surface area contributed by atoms with Crippen LogP contribution >= 0.6 is 0 Å². The van der Waals surface area contributed by atoms with Crippen LogP contribution in [-0.4, -0.2) is 12.6 Å². The number of carbonyl (C=O) groups excluding carboxylic acids is 1. The number of rotatable bonds is 40. The molecule has 0 saturated carbocycles. The lowest BCUT2D eigenvalue weighted by Crippen LogP contribution is -2.05. The fourth-order valence-electron chi connectivity index (χ4n) is 6.79. The zero-order chi connectivity index (χ0) is 32.6. The Kier molecular flexibility index (Phi) is 41.0. The van der Waals surface area contributed by atoms with Crippen LogP contribution in [0.3, 0.4) is 0 Å². The monoisotopic (exact) mass is 635 g/mol. The molecule has 0 radical (unpaired) electrons. The number of hydrogen-bond donors (Lipinski definition) is 0. The summed E-state index contributed by atoms with van der Waals surface area (Å²) in [5.41, 5.74) is 0. The summed E-state index contributed by atoms with van der Waals surface area (Å²) in [5, 5.41) is 0. The van der Waals surface area contributed by atoms with Gasteiger partial charge in [-0.3, -0.25) is 4.79 Å². The predicted octanol–water partition coefficient (Wildman–Crippen LogP) is 15.8. The van der Waals surface area contributed by atoms with Crippen molar-refractivity contribution >= 4 is 5.97 Å². The van der Waals surface area contributed by atoms with Crippen LogP contribution in [0.15, 0.2) is 0 Å². The Labute approximate surface area is 285 Å². The maximum absolute atomic E-state index is 11.9. The first-order valence-electron chi connectivity index (χ1n) is 21.5. The Morgan fingerprint density at radius 3 is 0.733 bits per heavy atom. The van der Waals surface area contributed by atoms with Crippen molar-refractivity contribution in [1.82, 2.24) is 0 Å². The maximum atomic E-state index is 11.9. The first-order valence-corrected chi connectivity index (χ1v) is 21.5. The molecule has 0 fully saturated rings. The third-order valence-electron chi connectivity index (χ3n) is 10.00. The second kappa shape index (κ2) is 41.5. The molecule has 0 aromatic carbocycles. The average molecular weight is 635 g/mol. The van der Waals surface area contributed by atoms with Gasteiger partial charge in [-0.05, 0) is 12.8 Å². The predicted molar refractivity (Wildman–Crippen MR) is 202 cm³/mol. The minimum atomic E-state index is 0.0285. The Balaban J connectivity index is 3.12. The van der Waals surface area contributed by atoms with Crippen molar-refractivity contribution in [2.24, 2.45) is 0 Å². The van der Waals surface area contributed by atoms with Crippen LogP contribution in [-0.2, 0) is 9.53 Å². The standard InChI is InChI=1S/C43H86O2/c1-3-5-7-9-11-13-15-16-17-18-19-20-21-22-23-24-25-26-27-28-29-30-31-32-33-35-37-39-41-43(44)45-42-40-38-36-34-14-12-10-8-6-4-2/h3-42H2,1-2H3. The molecule has 0 aliphatic heterocycles. The van der Waals surface area contributed by atoms with Gasteiger partial charge in [0.2, 0.25) is 0 Å². The highest BCUT2D eigenvalue weighted by atomic mass is 16.5. The Bertz CT molecular complexity index is 530. The first kappa shape index (κ1) is 44.5. The molecule has 0 aromatic heterocycles. The molecule has 270 valence electrons. The molecule has 0 aliphatic carbocycles. The molecule has 0 heterocycles. The van der Waals surface area contributed by atoms with Crippen LogP contribution < -0.4 is 0 Å².